The summed E-state index contributed by atoms with van der Waals surface area (Å²) >= 11 is 0. The lowest BCUT2D eigenvalue weighted by atomic mass is 10.0. The van der Waals surface area contributed by atoms with Crippen LogP contribution in [0.2, 0.25) is 0 Å². The van der Waals surface area contributed by atoms with Gasteiger partial charge in [-0.05, 0) is 68.1 Å². The van der Waals surface area contributed by atoms with Crippen molar-refractivity contribution in [1.29, 1.82) is 0 Å². The first kappa shape index (κ1) is 21.3. The number of rotatable bonds is 9. The molecule has 156 valence electrons. The molecule has 1 fully saturated rings. The van der Waals surface area contributed by atoms with Gasteiger partial charge in [-0.2, -0.15) is 0 Å². The fourth-order valence-corrected chi connectivity index (χ4v) is 3.99. The SMILES string of the molecule is COc1ccc(C(CNC(=O)CCCc2cccnc2)N2CCCCCC2)cc1. The van der Waals surface area contributed by atoms with E-state index in [1.54, 1.807) is 13.3 Å². The van der Waals surface area contributed by atoms with Crippen LogP contribution < -0.4 is 10.1 Å². The van der Waals surface area contributed by atoms with E-state index in [9.17, 15) is 4.79 Å². The highest BCUT2D eigenvalue weighted by Crippen LogP contribution is 2.25. The van der Waals surface area contributed by atoms with Crippen LogP contribution >= 0.6 is 0 Å². The molecule has 1 aliphatic rings. The lowest BCUT2D eigenvalue weighted by Crippen LogP contribution is -2.38. The summed E-state index contributed by atoms with van der Waals surface area (Å²) in [5.41, 5.74) is 2.42. The molecule has 0 spiro atoms. The molecule has 0 aliphatic carbocycles. The van der Waals surface area contributed by atoms with E-state index in [4.69, 9.17) is 4.74 Å². The second-order valence-electron chi connectivity index (χ2n) is 7.76. The fraction of sp³-hybridized carbons (Fsp3) is 0.500. The van der Waals surface area contributed by atoms with Gasteiger partial charge in [0.1, 0.15) is 5.75 Å². The molecule has 5 nitrogen and oxygen atoms in total. The average molecular weight is 396 g/mol. The summed E-state index contributed by atoms with van der Waals surface area (Å²) < 4.78 is 5.31. The number of nitrogens with zero attached hydrogens (tertiary/aromatic N) is 2. The van der Waals surface area contributed by atoms with Crippen LogP contribution in [0.4, 0.5) is 0 Å². The third-order valence-electron chi connectivity index (χ3n) is 5.67. The van der Waals surface area contributed by atoms with E-state index in [0.717, 1.165) is 31.7 Å². The van der Waals surface area contributed by atoms with Crippen LogP contribution in [-0.2, 0) is 11.2 Å². The molecule has 2 aromatic rings. The molecule has 1 N–H and O–H groups in total. The van der Waals surface area contributed by atoms with Crippen LogP contribution in [0.25, 0.3) is 0 Å². The minimum absolute atomic E-state index is 0.127. The zero-order valence-electron chi connectivity index (χ0n) is 17.5. The molecule has 1 aromatic carbocycles. The van der Waals surface area contributed by atoms with Crippen LogP contribution in [-0.4, -0.2) is 42.5 Å². The quantitative estimate of drug-likeness (QED) is 0.693. The minimum Gasteiger partial charge on any atom is -0.497 e. The van der Waals surface area contributed by atoms with Gasteiger partial charge in [0.25, 0.3) is 0 Å². The zero-order chi connectivity index (χ0) is 20.3. The smallest absolute Gasteiger partial charge is 0.220 e. The van der Waals surface area contributed by atoms with Crippen molar-refractivity contribution in [3.8, 4) is 5.75 Å². The van der Waals surface area contributed by atoms with Crippen LogP contribution in [0.1, 0.15) is 55.7 Å². The van der Waals surface area contributed by atoms with Gasteiger partial charge in [-0.15, -0.1) is 0 Å². The van der Waals surface area contributed by atoms with Crippen LogP contribution in [0.5, 0.6) is 5.75 Å². The molecule has 1 amide bonds. The van der Waals surface area contributed by atoms with Crippen LogP contribution in [0, 0.1) is 0 Å². The summed E-state index contributed by atoms with van der Waals surface area (Å²) in [7, 11) is 1.69. The Morgan fingerprint density at radius 2 is 1.90 bits per heavy atom. The molecular weight excluding hydrogens is 362 g/mol. The van der Waals surface area contributed by atoms with Gasteiger partial charge in [0.15, 0.2) is 0 Å². The third kappa shape index (κ3) is 6.86. The Labute approximate surface area is 174 Å². The monoisotopic (exact) mass is 395 g/mol. The summed E-state index contributed by atoms with van der Waals surface area (Å²) in [6, 6.07) is 12.5. The molecular formula is C24H33N3O2. The predicted molar refractivity (Wildman–Crippen MR) is 116 cm³/mol. The van der Waals surface area contributed by atoms with E-state index in [1.165, 1.54) is 36.8 Å². The summed E-state index contributed by atoms with van der Waals surface area (Å²) in [4.78, 5) is 19.1. The number of pyridine rings is 1. The van der Waals surface area contributed by atoms with E-state index < -0.39 is 0 Å². The predicted octanol–water partition coefficient (Wildman–Crippen LogP) is 4.15. The first-order chi connectivity index (χ1) is 14.3. The number of likely N-dealkylation sites (tertiary alicyclic amines) is 1. The van der Waals surface area contributed by atoms with E-state index in [-0.39, 0.29) is 11.9 Å². The molecule has 1 aliphatic heterocycles. The molecule has 0 saturated carbocycles. The van der Waals surface area contributed by atoms with Gasteiger partial charge in [0.05, 0.1) is 13.2 Å². The second-order valence-corrected chi connectivity index (χ2v) is 7.76. The second kappa shape index (κ2) is 11.6. The molecule has 3 rings (SSSR count). The minimum atomic E-state index is 0.127. The number of amides is 1. The molecule has 1 unspecified atom stereocenters. The Morgan fingerprint density at radius 3 is 2.55 bits per heavy atom. The lowest BCUT2D eigenvalue weighted by Gasteiger charge is -2.31. The molecule has 1 saturated heterocycles. The maximum atomic E-state index is 12.5. The number of carbonyl (C=O) groups is 1. The summed E-state index contributed by atoms with van der Waals surface area (Å²) in [6.45, 7) is 2.83. The van der Waals surface area contributed by atoms with Gasteiger partial charge in [0.2, 0.25) is 5.91 Å². The highest BCUT2D eigenvalue weighted by molar-refractivity contribution is 5.75. The largest absolute Gasteiger partial charge is 0.497 e. The van der Waals surface area contributed by atoms with Gasteiger partial charge in [-0.25, -0.2) is 0 Å². The Balaban J connectivity index is 1.56. The number of benzene rings is 1. The van der Waals surface area contributed by atoms with Crippen molar-refractivity contribution in [3.05, 3.63) is 59.9 Å². The lowest BCUT2D eigenvalue weighted by molar-refractivity contribution is -0.121. The van der Waals surface area contributed by atoms with Crippen molar-refractivity contribution >= 4 is 5.91 Å². The maximum Gasteiger partial charge on any atom is 0.220 e. The molecule has 2 heterocycles. The molecule has 0 bridgehead atoms. The molecule has 29 heavy (non-hydrogen) atoms. The van der Waals surface area contributed by atoms with Crippen molar-refractivity contribution in [2.45, 2.75) is 51.0 Å². The van der Waals surface area contributed by atoms with Gasteiger partial charge < -0.3 is 10.1 Å². The van der Waals surface area contributed by atoms with E-state index in [0.29, 0.717) is 13.0 Å². The number of carbonyl (C=O) groups excluding carboxylic acids is 1. The number of hydrogen-bond acceptors (Lipinski definition) is 4. The molecule has 0 radical (unpaired) electrons. The van der Waals surface area contributed by atoms with E-state index >= 15 is 0 Å². The number of hydrogen-bond donors (Lipinski definition) is 1. The van der Waals surface area contributed by atoms with Gasteiger partial charge in [-0.1, -0.05) is 31.0 Å². The number of aromatic nitrogens is 1. The number of aryl methyl sites for hydroxylation is 1. The van der Waals surface area contributed by atoms with E-state index in [1.807, 2.05) is 24.4 Å². The summed E-state index contributed by atoms with van der Waals surface area (Å²) in [5.74, 6) is 0.991. The van der Waals surface area contributed by atoms with Crippen LogP contribution in [0.3, 0.4) is 0 Å². The van der Waals surface area contributed by atoms with Crippen molar-refractivity contribution in [2.24, 2.45) is 0 Å². The maximum absolute atomic E-state index is 12.5. The fourth-order valence-electron chi connectivity index (χ4n) is 3.99. The van der Waals surface area contributed by atoms with Crippen LogP contribution in [0.15, 0.2) is 48.8 Å². The Kier molecular flexibility index (Phi) is 8.50. The van der Waals surface area contributed by atoms with E-state index in [2.05, 4.69) is 33.4 Å². The number of ether oxygens (including phenoxy) is 1. The standard InChI is InChI=1S/C24H33N3O2/c1-29-22-13-11-21(12-14-22)23(27-16-4-2-3-5-17-27)19-26-24(28)10-6-8-20-9-7-15-25-18-20/h7,9,11-15,18,23H,2-6,8,10,16-17,19H2,1H3,(H,26,28). The number of nitrogens with one attached hydrogen (secondary N) is 1. The molecule has 5 heteroatoms. The Hall–Kier alpha value is -2.40. The highest BCUT2D eigenvalue weighted by Gasteiger charge is 2.22. The van der Waals surface area contributed by atoms with Crippen molar-refractivity contribution in [1.82, 2.24) is 15.2 Å². The van der Waals surface area contributed by atoms with Crippen molar-refractivity contribution in [3.63, 3.8) is 0 Å². The average Bonchev–Trinajstić information content (AvgIpc) is 3.05. The van der Waals surface area contributed by atoms with Gasteiger partial charge in [-0.3, -0.25) is 14.7 Å². The number of methoxy groups -OCH3 is 1. The molecule has 1 aromatic heterocycles. The van der Waals surface area contributed by atoms with Gasteiger partial charge in [0, 0.05) is 25.4 Å². The zero-order valence-corrected chi connectivity index (χ0v) is 17.5. The first-order valence-corrected chi connectivity index (χ1v) is 10.8. The summed E-state index contributed by atoms with van der Waals surface area (Å²) in [5, 5.41) is 3.19. The molecule has 1 atom stereocenters. The first-order valence-electron chi connectivity index (χ1n) is 10.8. The third-order valence-corrected chi connectivity index (χ3v) is 5.67. The Bertz CT molecular complexity index is 726. The van der Waals surface area contributed by atoms with Crippen molar-refractivity contribution < 1.29 is 9.53 Å². The summed E-state index contributed by atoms with van der Waals surface area (Å²) in [6.07, 6.45) is 11.0. The highest BCUT2D eigenvalue weighted by atomic mass is 16.5. The normalized spacial score (nSPS) is 16.0. The Morgan fingerprint density at radius 1 is 1.14 bits per heavy atom. The van der Waals surface area contributed by atoms with Crippen molar-refractivity contribution in [2.75, 3.05) is 26.7 Å². The topological polar surface area (TPSA) is 54.5 Å². The van der Waals surface area contributed by atoms with Gasteiger partial charge >= 0.3 is 0 Å².